The third-order valence-electron chi connectivity index (χ3n) is 15.0. The molecule has 0 aromatic rings. The number of unbranched alkanes of at least 4 members (excludes halogenated alkanes) is 44. The molecule has 0 N–H and O–H groups in total. The molecule has 0 rings (SSSR count). The SMILES string of the molecule is CCCCCCCCCCCCCCCCCCCCC(=O)O[C@@H](COC(=O)CCCCCCCCCCCCCCCCCCC(C)C)COC(=O)CCCCCCCCCCCCCCCC(C)C. The molecule has 1 atom stereocenters. The summed E-state index contributed by atoms with van der Waals surface area (Å²) in [5, 5.41) is 0. The normalized spacial score (nSPS) is 12.0. The van der Waals surface area contributed by atoms with Crippen molar-refractivity contribution in [3.63, 3.8) is 0 Å². The van der Waals surface area contributed by atoms with Gasteiger partial charge in [-0.05, 0) is 31.1 Å². The van der Waals surface area contributed by atoms with Crippen molar-refractivity contribution in [2.75, 3.05) is 13.2 Å². The first-order valence-electron chi connectivity index (χ1n) is 32.2. The van der Waals surface area contributed by atoms with Crippen LogP contribution >= 0.6 is 0 Å². The molecular weight excluding hydrogens is 877 g/mol. The lowest BCUT2D eigenvalue weighted by molar-refractivity contribution is -0.167. The van der Waals surface area contributed by atoms with Gasteiger partial charge in [-0.3, -0.25) is 14.4 Å². The first-order chi connectivity index (χ1) is 34.7. The van der Waals surface area contributed by atoms with Crippen LogP contribution in [0.15, 0.2) is 0 Å². The molecular formula is C65H126O6. The van der Waals surface area contributed by atoms with Crippen LogP contribution in [0.2, 0.25) is 0 Å². The summed E-state index contributed by atoms with van der Waals surface area (Å²) in [7, 11) is 0. The fourth-order valence-electron chi connectivity index (χ4n) is 10.1. The van der Waals surface area contributed by atoms with Crippen molar-refractivity contribution in [3.8, 4) is 0 Å². The summed E-state index contributed by atoms with van der Waals surface area (Å²) in [5.74, 6) is 0.862. The number of carbonyl (C=O) groups is 3. The highest BCUT2D eigenvalue weighted by molar-refractivity contribution is 5.71. The van der Waals surface area contributed by atoms with Crippen LogP contribution < -0.4 is 0 Å². The van der Waals surface area contributed by atoms with Crippen molar-refractivity contribution in [1.29, 1.82) is 0 Å². The lowest BCUT2D eigenvalue weighted by atomic mass is 10.0. The van der Waals surface area contributed by atoms with Gasteiger partial charge < -0.3 is 14.2 Å². The lowest BCUT2D eigenvalue weighted by Crippen LogP contribution is -2.30. The number of carbonyl (C=O) groups excluding carboxylic acids is 3. The van der Waals surface area contributed by atoms with Gasteiger partial charge in [0, 0.05) is 19.3 Å². The number of hydrogen-bond acceptors (Lipinski definition) is 6. The minimum Gasteiger partial charge on any atom is -0.462 e. The van der Waals surface area contributed by atoms with Crippen molar-refractivity contribution >= 4 is 17.9 Å². The highest BCUT2D eigenvalue weighted by atomic mass is 16.6. The highest BCUT2D eigenvalue weighted by Crippen LogP contribution is 2.19. The van der Waals surface area contributed by atoms with Crippen molar-refractivity contribution in [2.45, 2.75) is 375 Å². The number of hydrogen-bond donors (Lipinski definition) is 0. The van der Waals surface area contributed by atoms with Crippen LogP contribution in [0.1, 0.15) is 369 Å². The Labute approximate surface area is 444 Å². The van der Waals surface area contributed by atoms with Gasteiger partial charge in [0.1, 0.15) is 13.2 Å². The monoisotopic (exact) mass is 1000 g/mol. The van der Waals surface area contributed by atoms with Crippen LogP contribution in [0.5, 0.6) is 0 Å². The fourth-order valence-corrected chi connectivity index (χ4v) is 10.1. The van der Waals surface area contributed by atoms with Crippen LogP contribution in [0.25, 0.3) is 0 Å². The predicted octanol–water partition coefficient (Wildman–Crippen LogP) is 21.6. The zero-order chi connectivity index (χ0) is 51.8. The Morgan fingerprint density at radius 3 is 0.690 bits per heavy atom. The molecule has 0 saturated carbocycles. The van der Waals surface area contributed by atoms with Gasteiger partial charge in [0.15, 0.2) is 6.10 Å². The summed E-state index contributed by atoms with van der Waals surface area (Å²) in [6.45, 7) is 11.5. The zero-order valence-corrected chi connectivity index (χ0v) is 48.9. The lowest BCUT2D eigenvalue weighted by Gasteiger charge is -2.18. The first-order valence-corrected chi connectivity index (χ1v) is 32.2. The number of esters is 3. The van der Waals surface area contributed by atoms with Crippen molar-refractivity contribution in [1.82, 2.24) is 0 Å². The van der Waals surface area contributed by atoms with Crippen LogP contribution in [-0.4, -0.2) is 37.2 Å². The van der Waals surface area contributed by atoms with Gasteiger partial charge in [0.05, 0.1) is 0 Å². The molecule has 0 amide bonds. The van der Waals surface area contributed by atoms with E-state index < -0.39 is 6.10 Å². The van der Waals surface area contributed by atoms with E-state index >= 15 is 0 Å². The summed E-state index contributed by atoms with van der Waals surface area (Å²) in [5.41, 5.74) is 0. The Morgan fingerprint density at radius 1 is 0.268 bits per heavy atom. The molecule has 0 bridgehead atoms. The second-order valence-electron chi connectivity index (χ2n) is 23.4. The molecule has 0 aromatic carbocycles. The van der Waals surface area contributed by atoms with E-state index in [2.05, 4.69) is 34.6 Å². The maximum absolute atomic E-state index is 12.9. The maximum Gasteiger partial charge on any atom is 0.306 e. The molecule has 0 spiro atoms. The van der Waals surface area contributed by atoms with Gasteiger partial charge in [-0.1, -0.05) is 330 Å². The van der Waals surface area contributed by atoms with Gasteiger partial charge >= 0.3 is 17.9 Å². The molecule has 0 unspecified atom stereocenters. The fraction of sp³-hybridized carbons (Fsp3) is 0.954. The molecule has 71 heavy (non-hydrogen) atoms. The van der Waals surface area contributed by atoms with E-state index in [0.717, 1.165) is 69.6 Å². The third-order valence-corrected chi connectivity index (χ3v) is 15.0. The molecule has 422 valence electrons. The summed E-state index contributed by atoms with van der Waals surface area (Å²) in [4.78, 5) is 38.3. The standard InChI is InChI=1S/C65H126O6/c1-6-7-8-9-10-11-12-13-14-15-16-21-26-32-37-42-47-52-57-65(68)71-62(59-70-64(67)56-51-46-41-36-31-27-22-24-29-34-39-44-49-54-61(4)5)58-69-63(66)55-50-45-40-35-30-25-20-18-17-19-23-28-33-38-43-48-53-60(2)3/h60-62H,6-59H2,1-5H3/t62-/m0/s1. The molecule has 0 aliphatic heterocycles. The van der Waals surface area contributed by atoms with E-state index in [9.17, 15) is 14.4 Å². The van der Waals surface area contributed by atoms with E-state index in [0.29, 0.717) is 19.3 Å². The average Bonchev–Trinajstić information content (AvgIpc) is 3.35. The first kappa shape index (κ1) is 69.4. The summed E-state index contributed by atoms with van der Waals surface area (Å²) < 4.78 is 17.0. The Hall–Kier alpha value is -1.59. The third kappa shape index (κ3) is 59.2. The van der Waals surface area contributed by atoms with Crippen molar-refractivity contribution < 1.29 is 28.6 Å². The summed E-state index contributed by atoms with van der Waals surface area (Å²) in [6.07, 6.45) is 63.9. The molecule has 0 heterocycles. The van der Waals surface area contributed by atoms with Crippen LogP contribution in [0.3, 0.4) is 0 Å². The topological polar surface area (TPSA) is 78.9 Å². The van der Waals surface area contributed by atoms with Crippen LogP contribution in [0, 0.1) is 11.8 Å². The number of ether oxygens (including phenoxy) is 3. The Balaban J connectivity index is 4.28. The van der Waals surface area contributed by atoms with Gasteiger partial charge in [0.25, 0.3) is 0 Å². The van der Waals surface area contributed by atoms with E-state index in [1.54, 1.807) is 0 Å². The average molecular weight is 1000 g/mol. The molecule has 0 fully saturated rings. The highest BCUT2D eigenvalue weighted by Gasteiger charge is 2.19. The Bertz CT molecular complexity index is 1090. The van der Waals surface area contributed by atoms with Crippen molar-refractivity contribution in [2.24, 2.45) is 11.8 Å². The quantitative estimate of drug-likeness (QED) is 0.0343. The van der Waals surface area contributed by atoms with Crippen molar-refractivity contribution in [3.05, 3.63) is 0 Å². The van der Waals surface area contributed by atoms with Crippen LogP contribution in [-0.2, 0) is 28.6 Å². The largest absolute Gasteiger partial charge is 0.462 e. The van der Waals surface area contributed by atoms with Gasteiger partial charge in [-0.2, -0.15) is 0 Å². The maximum atomic E-state index is 12.9. The molecule has 6 heteroatoms. The zero-order valence-electron chi connectivity index (χ0n) is 48.9. The Morgan fingerprint density at radius 2 is 0.465 bits per heavy atom. The molecule has 0 radical (unpaired) electrons. The minimum absolute atomic E-state index is 0.0618. The van der Waals surface area contributed by atoms with Gasteiger partial charge in [0.2, 0.25) is 0 Å². The summed E-state index contributed by atoms with van der Waals surface area (Å²) >= 11 is 0. The molecule has 0 aliphatic rings. The van der Waals surface area contributed by atoms with Gasteiger partial charge in [-0.25, -0.2) is 0 Å². The van der Waals surface area contributed by atoms with E-state index in [-0.39, 0.29) is 31.1 Å². The summed E-state index contributed by atoms with van der Waals surface area (Å²) in [6, 6.07) is 0. The minimum atomic E-state index is -0.764. The van der Waals surface area contributed by atoms with E-state index in [1.807, 2.05) is 0 Å². The molecule has 0 aliphatic carbocycles. The van der Waals surface area contributed by atoms with E-state index in [1.165, 1.54) is 257 Å². The molecule has 0 aromatic heterocycles. The Kier molecular flexibility index (Phi) is 56.4. The predicted molar refractivity (Wildman–Crippen MR) is 307 cm³/mol. The molecule has 0 saturated heterocycles. The second kappa shape index (κ2) is 57.7. The van der Waals surface area contributed by atoms with E-state index in [4.69, 9.17) is 14.2 Å². The second-order valence-corrected chi connectivity index (χ2v) is 23.4. The van der Waals surface area contributed by atoms with Gasteiger partial charge in [-0.15, -0.1) is 0 Å². The molecule has 6 nitrogen and oxygen atoms in total. The number of rotatable bonds is 59. The smallest absolute Gasteiger partial charge is 0.306 e. The van der Waals surface area contributed by atoms with Crippen LogP contribution in [0.4, 0.5) is 0 Å².